The van der Waals surface area contributed by atoms with Crippen LogP contribution in [0.25, 0.3) is 0 Å². The predicted octanol–water partition coefficient (Wildman–Crippen LogP) is 4.52. The molecular formula is C17H15F3N4O3S2. The molecule has 29 heavy (non-hydrogen) atoms. The fraction of sp³-hybridized carbons (Fsp3) is 0.235. The van der Waals surface area contributed by atoms with Crippen molar-refractivity contribution < 1.29 is 27.1 Å². The van der Waals surface area contributed by atoms with Crippen molar-refractivity contribution in [2.75, 3.05) is 18.1 Å². The molecule has 0 aliphatic carbocycles. The van der Waals surface area contributed by atoms with Crippen molar-refractivity contribution in [3.05, 3.63) is 48.4 Å². The van der Waals surface area contributed by atoms with Crippen LogP contribution in [0.1, 0.15) is 5.76 Å². The van der Waals surface area contributed by atoms with E-state index in [1.54, 1.807) is 30.3 Å². The van der Waals surface area contributed by atoms with Gasteiger partial charge in [0.2, 0.25) is 11.0 Å². The maximum atomic E-state index is 12.2. The molecule has 0 aliphatic heterocycles. The van der Waals surface area contributed by atoms with Crippen LogP contribution in [0.4, 0.5) is 24.0 Å². The minimum absolute atomic E-state index is 0.0867. The molecule has 154 valence electrons. The molecule has 0 atom stereocenters. The van der Waals surface area contributed by atoms with Gasteiger partial charge in [-0.15, -0.1) is 23.4 Å². The molecule has 1 aromatic carbocycles. The number of alkyl halides is 3. The number of benzene rings is 1. The predicted molar refractivity (Wildman–Crippen MR) is 102 cm³/mol. The van der Waals surface area contributed by atoms with Gasteiger partial charge in [0.1, 0.15) is 11.5 Å². The van der Waals surface area contributed by atoms with Crippen molar-refractivity contribution in [2.45, 2.75) is 17.2 Å². The average molecular weight is 444 g/mol. The molecule has 3 rings (SSSR count). The molecule has 1 N–H and O–H groups in total. The van der Waals surface area contributed by atoms with Gasteiger partial charge in [-0.1, -0.05) is 23.1 Å². The van der Waals surface area contributed by atoms with Gasteiger partial charge in [-0.05, 0) is 36.4 Å². The molecule has 0 bridgehead atoms. The summed E-state index contributed by atoms with van der Waals surface area (Å²) in [6.45, 7) is 0.378. The molecular weight excluding hydrogens is 429 g/mol. The highest BCUT2D eigenvalue weighted by molar-refractivity contribution is 8.01. The largest absolute Gasteiger partial charge is 0.573 e. The van der Waals surface area contributed by atoms with Crippen LogP contribution in [-0.2, 0) is 11.3 Å². The van der Waals surface area contributed by atoms with Crippen LogP contribution in [0.2, 0.25) is 0 Å². The standard InChI is InChI=1S/C17H15F3N4O3S2/c1-24(9-13-3-2-8-26-13)14(25)10-28-16-23-22-15(29-16)21-11-4-6-12(7-5-11)27-17(18,19)20/h2-8H,9-10H2,1H3,(H,21,22). The molecule has 0 aliphatic rings. The average Bonchev–Trinajstić information content (AvgIpc) is 3.32. The smallest absolute Gasteiger partial charge is 0.467 e. The molecule has 7 nitrogen and oxygen atoms in total. The van der Waals surface area contributed by atoms with Gasteiger partial charge in [-0.3, -0.25) is 4.79 Å². The van der Waals surface area contributed by atoms with Gasteiger partial charge in [-0.2, -0.15) is 0 Å². The van der Waals surface area contributed by atoms with E-state index in [1.807, 2.05) is 0 Å². The van der Waals surface area contributed by atoms with Crippen molar-refractivity contribution in [3.63, 3.8) is 0 Å². The van der Waals surface area contributed by atoms with Crippen LogP contribution in [0, 0.1) is 0 Å². The molecule has 0 fully saturated rings. The first-order valence-corrected chi connectivity index (χ1v) is 9.94. The summed E-state index contributed by atoms with van der Waals surface area (Å²) in [6, 6.07) is 8.81. The Morgan fingerprint density at radius 2 is 2.03 bits per heavy atom. The number of nitrogens with one attached hydrogen (secondary N) is 1. The number of anilines is 2. The third-order valence-corrected chi connectivity index (χ3v) is 5.42. The Bertz CT molecular complexity index is 930. The highest BCUT2D eigenvalue weighted by Crippen LogP contribution is 2.29. The van der Waals surface area contributed by atoms with Crippen molar-refractivity contribution in [1.29, 1.82) is 0 Å². The second kappa shape index (κ2) is 9.18. The van der Waals surface area contributed by atoms with E-state index < -0.39 is 6.36 Å². The lowest BCUT2D eigenvalue weighted by molar-refractivity contribution is -0.274. The number of rotatable bonds is 8. The van der Waals surface area contributed by atoms with E-state index >= 15 is 0 Å². The number of amides is 1. The summed E-state index contributed by atoms with van der Waals surface area (Å²) < 4.78 is 46.2. The number of furan rings is 1. The fourth-order valence-corrected chi connectivity index (χ4v) is 3.85. The van der Waals surface area contributed by atoms with Crippen LogP contribution >= 0.6 is 23.1 Å². The molecule has 2 heterocycles. The lowest BCUT2D eigenvalue weighted by atomic mass is 10.3. The van der Waals surface area contributed by atoms with E-state index in [4.69, 9.17) is 4.42 Å². The number of thioether (sulfide) groups is 1. The van der Waals surface area contributed by atoms with E-state index in [0.29, 0.717) is 27.5 Å². The number of hydrogen-bond donors (Lipinski definition) is 1. The van der Waals surface area contributed by atoms with Gasteiger partial charge >= 0.3 is 6.36 Å². The zero-order valence-corrected chi connectivity index (χ0v) is 16.6. The summed E-state index contributed by atoms with van der Waals surface area (Å²) in [4.78, 5) is 13.7. The number of halogens is 3. The van der Waals surface area contributed by atoms with Gasteiger partial charge in [0.05, 0.1) is 18.6 Å². The number of carbonyl (C=O) groups excluding carboxylic acids is 1. The molecule has 0 saturated heterocycles. The zero-order valence-electron chi connectivity index (χ0n) is 15.0. The van der Waals surface area contributed by atoms with Gasteiger partial charge < -0.3 is 19.4 Å². The first-order chi connectivity index (χ1) is 13.8. The van der Waals surface area contributed by atoms with Crippen molar-refractivity contribution in [3.8, 4) is 5.75 Å². The quantitative estimate of drug-likeness (QED) is 0.512. The van der Waals surface area contributed by atoms with Crippen LogP contribution in [-0.4, -0.2) is 40.2 Å². The number of carbonyl (C=O) groups is 1. The Morgan fingerprint density at radius 1 is 1.28 bits per heavy atom. The van der Waals surface area contributed by atoms with Crippen LogP contribution < -0.4 is 10.1 Å². The first-order valence-electron chi connectivity index (χ1n) is 8.14. The first kappa shape index (κ1) is 21.0. The summed E-state index contributed by atoms with van der Waals surface area (Å²) in [5.74, 6) is 0.486. The third kappa shape index (κ3) is 6.68. The van der Waals surface area contributed by atoms with E-state index in [2.05, 4.69) is 20.3 Å². The molecule has 0 spiro atoms. The SMILES string of the molecule is CN(Cc1ccco1)C(=O)CSc1nnc(Nc2ccc(OC(F)(F)F)cc2)s1. The van der Waals surface area contributed by atoms with E-state index in [9.17, 15) is 18.0 Å². The lowest BCUT2D eigenvalue weighted by Gasteiger charge is -2.14. The van der Waals surface area contributed by atoms with Crippen molar-refractivity contribution in [2.24, 2.45) is 0 Å². The van der Waals surface area contributed by atoms with Gasteiger partial charge in [0.15, 0.2) is 4.34 Å². The molecule has 0 saturated carbocycles. The lowest BCUT2D eigenvalue weighted by Crippen LogP contribution is -2.27. The third-order valence-electron chi connectivity index (χ3n) is 3.46. The molecule has 1 amide bonds. The monoisotopic (exact) mass is 444 g/mol. The normalized spacial score (nSPS) is 11.3. The summed E-state index contributed by atoms with van der Waals surface area (Å²) in [6.07, 6.45) is -3.18. The van der Waals surface area contributed by atoms with Crippen LogP contribution in [0.5, 0.6) is 5.75 Å². The molecule has 3 aromatic rings. The van der Waals surface area contributed by atoms with Gasteiger partial charge in [0.25, 0.3) is 0 Å². The maximum Gasteiger partial charge on any atom is 0.573 e. The molecule has 12 heteroatoms. The summed E-state index contributed by atoms with van der Waals surface area (Å²) >= 11 is 2.48. The number of ether oxygens (including phenoxy) is 1. The fourth-order valence-electron chi connectivity index (χ4n) is 2.14. The van der Waals surface area contributed by atoms with E-state index in [1.165, 1.54) is 47.4 Å². The number of aromatic nitrogens is 2. The molecule has 2 aromatic heterocycles. The number of hydrogen-bond acceptors (Lipinski definition) is 8. The van der Waals surface area contributed by atoms with E-state index in [0.717, 1.165) is 0 Å². The van der Waals surface area contributed by atoms with Crippen LogP contribution in [0.15, 0.2) is 51.4 Å². The second-order valence-electron chi connectivity index (χ2n) is 5.69. The Hall–Kier alpha value is -2.73. The summed E-state index contributed by atoms with van der Waals surface area (Å²) in [5.41, 5.74) is 0.529. The minimum Gasteiger partial charge on any atom is -0.467 e. The van der Waals surface area contributed by atoms with Gasteiger partial charge in [-0.25, -0.2) is 0 Å². The maximum absolute atomic E-state index is 12.2. The number of nitrogens with zero attached hydrogens (tertiary/aromatic N) is 3. The summed E-state index contributed by atoms with van der Waals surface area (Å²) in [7, 11) is 1.69. The molecule has 0 unspecified atom stereocenters. The van der Waals surface area contributed by atoms with E-state index in [-0.39, 0.29) is 17.4 Å². The topological polar surface area (TPSA) is 80.5 Å². The Kier molecular flexibility index (Phi) is 6.64. The van der Waals surface area contributed by atoms with Crippen molar-refractivity contribution >= 4 is 39.8 Å². The van der Waals surface area contributed by atoms with Crippen LogP contribution in [0.3, 0.4) is 0 Å². The van der Waals surface area contributed by atoms with Crippen molar-refractivity contribution in [1.82, 2.24) is 15.1 Å². The Balaban J connectivity index is 1.48. The minimum atomic E-state index is -4.73. The highest BCUT2D eigenvalue weighted by atomic mass is 32.2. The Morgan fingerprint density at radius 3 is 2.69 bits per heavy atom. The second-order valence-corrected chi connectivity index (χ2v) is 7.89. The zero-order chi connectivity index (χ0) is 20.9. The summed E-state index contributed by atoms with van der Waals surface area (Å²) in [5, 5.41) is 11.3. The molecule has 0 radical (unpaired) electrons. The van der Waals surface area contributed by atoms with Gasteiger partial charge in [0, 0.05) is 12.7 Å². The Labute approximate surface area is 171 Å². The highest BCUT2D eigenvalue weighted by Gasteiger charge is 2.30.